The molecule has 5 heteroatoms. The number of aromatic nitrogens is 2. The first kappa shape index (κ1) is 13.8. The summed E-state index contributed by atoms with van der Waals surface area (Å²) in [7, 11) is 0. The highest BCUT2D eigenvalue weighted by molar-refractivity contribution is 5.73. The molecule has 5 nitrogen and oxygen atoms in total. The van der Waals surface area contributed by atoms with Crippen molar-refractivity contribution in [1.29, 1.82) is 0 Å². The van der Waals surface area contributed by atoms with Crippen LogP contribution in [0.4, 0.5) is 0 Å². The first-order chi connectivity index (χ1) is 10.1. The predicted octanol–water partition coefficient (Wildman–Crippen LogP) is 2.77. The van der Waals surface area contributed by atoms with E-state index in [1.54, 1.807) is 6.92 Å². The number of hydrogen-bond donors (Lipinski definition) is 0. The lowest BCUT2D eigenvalue weighted by molar-refractivity contribution is -0.129. The molecule has 3 rings (SSSR count). The molecular weight excluding hydrogens is 266 g/mol. The number of piperidine rings is 1. The molecule has 0 saturated carbocycles. The van der Waals surface area contributed by atoms with Crippen molar-refractivity contribution in [3.05, 3.63) is 35.7 Å². The van der Waals surface area contributed by atoms with Gasteiger partial charge in [-0.15, -0.1) is 0 Å². The van der Waals surface area contributed by atoms with Crippen molar-refractivity contribution in [2.45, 2.75) is 32.6 Å². The molecule has 2 aromatic rings. The van der Waals surface area contributed by atoms with Crippen molar-refractivity contribution >= 4 is 5.91 Å². The lowest BCUT2D eigenvalue weighted by Gasteiger charge is -2.29. The Bertz CT molecular complexity index is 642. The van der Waals surface area contributed by atoms with Gasteiger partial charge in [0, 0.05) is 31.5 Å². The third kappa shape index (κ3) is 2.96. The van der Waals surface area contributed by atoms with Crippen LogP contribution in [-0.4, -0.2) is 34.0 Å². The van der Waals surface area contributed by atoms with Crippen molar-refractivity contribution in [1.82, 2.24) is 15.0 Å². The minimum Gasteiger partial charge on any atom is -0.343 e. The van der Waals surface area contributed by atoms with E-state index in [2.05, 4.69) is 10.1 Å². The van der Waals surface area contributed by atoms with Crippen LogP contribution in [0.2, 0.25) is 0 Å². The average Bonchev–Trinajstić information content (AvgIpc) is 2.97. The number of likely N-dealkylation sites (tertiary alicyclic amines) is 1. The topological polar surface area (TPSA) is 59.2 Å². The molecule has 21 heavy (non-hydrogen) atoms. The average molecular weight is 285 g/mol. The molecule has 0 bridgehead atoms. The molecule has 0 aliphatic carbocycles. The molecule has 0 unspecified atom stereocenters. The number of carbonyl (C=O) groups excluding carboxylic acids is 1. The second kappa shape index (κ2) is 5.68. The van der Waals surface area contributed by atoms with Gasteiger partial charge in [-0.3, -0.25) is 4.79 Å². The highest BCUT2D eigenvalue weighted by Crippen LogP contribution is 2.28. The molecule has 2 heterocycles. The zero-order chi connectivity index (χ0) is 14.8. The Hall–Kier alpha value is -2.17. The van der Waals surface area contributed by atoms with Gasteiger partial charge in [-0.1, -0.05) is 28.9 Å². The van der Waals surface area contributed by atoms with Crippen LogP contribution in [-0.2, 0) is 4.79 Å². The van der Waals surface area contributed by atoms with Gasteiger partial charge in [0.1, 0.15) is 0 Å². The SMILES string of the molecule is CC(=O)N1CCC(c2nc(-c3cccc(C)c3)no2)CC1. The summed E-state index contributed by atoms with van der Waals surface area (Å²) < 4.78 is 5.43. The van der Waals surface area contributed by atoms with Crippen molar-refractivity contribution in [2.75, 3.05) is 13.1 Å². The molecule has 1 aromatic carbocycles. The zero-order valence-electron chi connectivity index (χ0n) is 12.4. The van der Waals surface area contributed by atoms with E-state index in [1.165, 1.54) is 5.56 Å². The predicted molar refractivity (Wildman–Crippen MR) is 78.7 cm³/mol. The maximum atomic E-state index is 11.3. The Morgan fingerprint density at radius 3 is 2.76 bits per heavy atom. The maximum Gasteiger partial charge on any atom is 0.230 e. The standard InChI is InChI=1S/C16H19N3O2/c1-11-4-3-5-14(10-11)15-17-16(21-18-15)13-6-8-19(9-7-13)12(2)20/h3-5,10,13H,6-9H2,1-2H3. The highest BCUT2D eigenvalue weighted by Gasteiger charge is 2.26. The third-order valence-corrected chi connectivity index (χ3v) is 4.01. The summed E-state index contributed by atoms with van der Waals surface area (Å²) >= 11 is 0. The van der Waals surface area contributed by atoms with Crippen LogP contribution in [0, 0.1) is 6.92 Å². The summed E-state index contributed by atoms with van der Waals surface area (Å²) in [5.74, 6) is 1.73. The van der Waals surface area contributed by atoms with E-state index in [-0.39, 0.29) is 11.8 Å². The first-order valence-electron chi connectivity index (χ1n) is 7.29. The Kier molecular flexibility index (Phi) is 3.73. The minimum absolute atomic E-state index is 0.138. The first-order valence-corrected chi connectivity index (χ1v) is 7.29. The summed E-state index contributed by atoms with van der Waals surface area (Å²) in [5, 5.41) is 4.09. The molecule has 1 saturated heterocycles. The van der Waals surface area contributed by atoms with Crippen LogP contribution >= 0.6 is 0 Å². The van der Waals surface area contributed by atoms with Crippen LogP contribution in [0.15, 0.2) is 28.8 Å². The Labute approximate surface area is 124 Å². The van der Waals surface area contributed by atoms with Crippen molar-refractivity contribution in [3.8, 4) is 11.4 Å². The molecule has 0 atom stereocenters. The second-order valence-corrected chi connectivity index (χ2v) is 5.61. The summed E-state index contributed by atoms with van der Waals surface area (Å²) in [6, 6.07) is 8.07. The molecule has 1 aromatic heterocycles. The van der Waals surface area contributed by atoms with E-state index in [9.17, 15) is 4.79 Å². The maximum absolute atomic E-state index is 11.3. The van der Waals surface area contributed by atoms with Crippen LogP contribution in [0.1, 0.15) is 37.1 Å². The fourth-order valence-electron chi connectivity index (χ4n) is 2.74. The summed E-state index contributed by atoms with van der Waals surface area (Å²) in [6.07, 6.45) is 1.77. The number of aryl methyl sites for hydroxylation is 1. The lowest BCUT2D eigenvalue weighted by atomic mass is 9.97. The van der Waals surface area contributed by atoms with Crippen LogP contribution in [0.3, 0.4) is 0 Å². The van der Waals surface area contributed by atoms with Crippen LogP contribution in [0.25, 0.3) is 11.4 Å². The zero-order valence-corrected chi connectivity index (χ0v) is 12.4. The molecule has 1 aliphatic heterocycles. The molecule has 0 spiro atoms. The molecular formula is C16H19N3O2. The van der Waals surface area contributed by atoms with E-state index in [0.717, 1.165) is 31.5 Å². The van der Waals surface area contributed by atoms with Gasteiger partial charge in [0.25, 0.3) is 0 Å². The smallest absolute Gasteiger partial charge is 0.230 e. The number of carbonyl (C=O) groups is 1. The number of hydrogen-bond acceptors (Lipinski definition) is 4. The van der Waals surface area contributed by atoms with Crippen molar-refractivity contribution < 1.29 is 9.32 Å². The highest BCUT2D eigenvalue weighted by atomic mass is 16.5. The fraction of sp³-hybridized carbons (Fsp3) is 0.438. The van der Waals surface area contributed by atoms with Gasteiger partial charge in [-0.2, -0.15) is 4.98 Å². The van der Waals surface area contributed by atoms with Crippen molar-refractivity contribution in [2.24, 2.45) is 0 Å². The van der Waals surface area contributed by atoms with Gasteiger partial charge >= 0.3 is 0 Å². The molecule has 1 amide bonds. The monoisotopic (exact) mass is 285 g/mol. The fourth-order valence-corrected chi connectivity index (χ4v) is 2.74. The molecule has 110 valence electrons. The van der Waals surface area contributed by atoms with Gasteiger partial charge in [-0.05, 0) is 25.8 Å². The van der Waals surface area contributed by atoms with Crippen LogP contribution < -0.4 is 0 Å². The molecule has 0 radical (unpaired) electrons. The summed E-state index contributed by atoms with van der Waals surface area (Å²) in [4.78, 5) is 17.7. The van der Waals surface area contributed by atoms with Gasteiger partial charge < -0.3 is 9.42 Å². The van der Waals surface area contributed by atoms with E-state index in [0.29, 0.717) is 11.7 Å². The normalized spacial score (nSPS) is 16.2. The Morgan fingerprint density at radius 2 is 2.10 bits per heavy atom. The van der Waals surface area contributed by atoms with Crippen molar-refractivity contribution in [3.63, 3.8) is 0 Å². The number of benzene rings is 1. The van der Waals surface area contributed by atoms with Gasteiger partial charge in [-0.25, -0.2) is 0 Å². The largest absolute Gasteiger partial charge is 0.343 e. The quantitative estimate of drug-likeness (QED) is 0.851. The van der Waals surface area contributed by atoms with E-state index in [1.807, 2.05) is 36.1 Å². The lowest BCUT2D eigenvalue weighted by Crippen LogP contribution is -2.36. The summed E-state index contributed by atoms with van der Waals surface area (Å²) in [5.41, 5.74) is 2.15. The van der Waals surface area contributed by atoms with Crippen LogP contribution in [0.5, 0.6) is 0 Å². The molecule has 0 N–H and O–H groups in total. The third-order valence-electron chi connectivity index (χ3n) is 4.01. The van der Waals surface area contributed by atoms with Gasteiger partial charge in [0.2, 0.25) is 17.6 Å². The van der Waals surface area contributed by atoms with Gasteiger partial charge in [0.05, 0.1) is 0 Å². The minimum atomic E-state index is 0.138. The number of rotatable bonds is 2. The van der Waals surface area contributed by atoms with E-state index >= 15 is 0 Å². The Morgan fingerprint density at radius 1 is 1.33 bits per heavy atom. The second-order valence-electron chi connectivity index (χ2n) is 5.61. The van der Waals surface area contributed by atoms with E-state index in [4.69, 9.17) is 4.52 Å². The summed E-state index contributed by atoms with van der Waals surface area (Å²) in [6.45, 7) is 5.19. The molecule has 1 aliphatic rings. The number of amides is 1. The Balaban J connectivity index is 1.73. The van der Waals surface area contributed by atoms with E-state index < -0.39 is 0 Å². The number of nitrogens with zero attached hydrogens (tertiary/aromatic N) is 3. The molecule has 1 fully saturated rings. The van der Waals surface area contributed by atoms with Gasteiger partial charge in [0.15, 0.2) is 0 Å².